The molecule has 0 fully saturated rings. The number of carbonyl (C=O) groups is 1. The summed E-state index contributed by atoms with van der Waals surface area (Å²) in [6, 6.07) is 5.14. The first-order valence-electron chi connectivity index (χ1n) is 4.90. The zero-order valence-electron chi connectivity index (χ0n) is 9.20. The van der Waals surface area contributed by atoms with Crippen LogP contribution < -0.4 is 5.32 Å². The lowest BCUT2D eigenvalue weighted by molar-refractivity contribution is 0.0723. The van der Waals surface area contributed by atoms with Gasteiger partial charge >= 0.3 is 0 Å². The second-order valence-electron chi connectivity index (χ2n) is 3.99. The summed E-state index contributed by atoms with van der Waals surface area (Å²) in [6.45, 7) is 0.909. The number of nitrogens with one attached hydrogen (secondary N) is 1. The second kappa shape index (κ2) is 5.95. The highest BCUT2D eigenvalue weighted by molar-refractivity contribution is 9.11. The van der Waals surface area contributed by atoms with Crippen molar-refractivity contribution in [1.29, 1.82) is 0 Å². The van der Waals surface area contributed by atoms with Crippen LogP contribution in [0.2, 0.25) is 0 Å². The van der Waals surface area contributed by atoms with Gasteiger partial charge in [0.25, 0.3) is 5.91 Å². The summed E-state index contributed by atoms with van der Waals surface area (Å²) in [5.74, 6) is -0.349. The van der Waals surface area contributed by atoms with Crippen molar-refractivity contribution in [2.24, 2.45) is 0 Å². The molecule has 1 aromatic carbocycles. The number of aliphatic hydroxyl groups is 2. The summed E-state index contributed by atoms with van der Waals surface area (Å²) in [5, 5.41) is 20.8. The Labute approximate surface area is 116 Å². The van der Waals surface area contributed by atoms with Crippen molar-refractivity contribution >= 4 is 37.8 Å². The van der Waals surface area contributed by atoms with Crippen LogP contribution in [0.3, 0.4) is 0 Å². The third-order valence-corrected chi connectivity index (χ3v) is 3.15. The maximum atomic E-state index is 11.9. The fourth-order valence-corrected chi connectivity index (χ4v) is 2.45. The van der Waals surface area contributed by atoms with Crippen LogP contribution in [0.15, 0.2) is 27.1 Å². The molecule has 0 saturated carbocycles. The minimum absolute atomic E-state index is 0.329. The van der Waals surface area contributed by atoms with Gasteiger partial charge in [0.1, 0.15) is 0 Å². The second-order valence-corrected chi connectivity index (χ2v) is 5.82. The largest absolute Gasteiger partial charge is 0.394 e. The molecule has 0 atom stereocenters. The highest BCUT2D eigenvalue weighted by Crippen LogP contribution is 2.20. The molecule has 1 aromatic rings. The summed E-state index contributed by atoms with van der Waals surface area (Å²) < 4.78 is 1.54. The number of hydrogen-bond acceptors (Lipinski definition) is 3. The Morgan fingerprint density at radius 1 is 1.24 bits per heavy atom. The molecule has 1 rings (SSSR count). The number of hydrogen-bond donors (Lipinski definition) is 3. The lowest BCUT2D eigenvalue weighted by atomic mass is 10.0. The quantitative estimate of drug-likeness (QED) is 0.759. The van der Waals surface area contributed by atoms with E-state index in [4.69, 9.17) is 10.2 Å². The number of rotatable bonds is 4. The zero-order chi connectivity index (χ0) is 13.1. The number of carbonyl (C=O) groups excluding carboxylic acids is 1. The van der Waals surface area contributed by atoms with Crippen molar-refractivity contribution in [3.63, 3.8) is 0 Å². The normalized spacial score (nSPS) is 11.4. The standard InChI is InChI=1S/C11H13Br2NO3/c1-11(5-15,6-16)14-10(17)7-2-8(12)4-9(13)3-7/h2-4,15-16H,5-6H2,1H3,(H,14,17). The molecular weight excluding hydrogens is 354 g/mol. The van der Waals surface area contributed by atoms with Gasteiger partial charge in [0.2, 0.25) is 0 Å². The fourth-order valence-electron chi connectivity index (χ4n) is 1.16. The summed E-state index contributed by atoms with van der Waals surface area (Å²) in [4.78, 5) is 11.9. The van der Waals surface area contributed by atoms with Gasteiger partial charge in [0.15, 0.2) is 0 Å². The van der Waals surface area contributed by atoms with Gasteiger partial charge in [-0.25, -0.2) is 0 Å². The Kier molecular flexibility index (Phi) is 5.12. The van der Waals surface area contributed by atoms with E-state index in [-0.39, 0.29) is 19.1 Å². The molecule has 17 heavy (non-hydrogen) atoms. The minimum atomic E-state index is -1.02. The topological polar surface area (TPSA) is 69.6 Å². The van der Waals surface area contributed by atoms with Crippen LogP contribution in [-0.4, -0.2) is 34.9 Å². The highest BCUT2D eigenvalue weighted by atomic mass is 79.9. The van der Waals surface area contributed by atoms with E-state index >= 15 is 0 Å². The predicted molar refractivity (Wildman–Crippen MR) is 71.9 cm³/mol. The Morgan fingerprint density at radius 2 is 1.71 bits per heavy atom. The monoisotopic (exact) mass is 365 g/mol. The average Bonchev–Trinajstić information content (AvgIpc) is 2.27. The maximum Gasteiger partial charge on any atom is 0.251 e. The summed E-state index contributed by atoms with van der Waals surface area (Å²) in [6.07, 6.45) is 0. The average molecular weight is 367 g/mol. The first kappa shape index (κ1) is 14.6. The van der Waals surface area contributed by atoms with Crippen molar-refractivity contribution < 1.29 is 15.0 Å². The van der Waals surface area contributed by atoms with Crippen LogP contribution in [0.4, 0.5) is 0 Å². The molecule has 0 radical (unpaired) electrons. The SMILES string of the molecule is CC(CO)(CO)NC(=O)c1cc(Br)cc(Br)c1. The Morgan fingerprint density at radius 3 is 2.12 bits per heavy atom. The molecule has 0 bridgehead atoms. The molecule has 3 N–H and O–H groups in total. The number of halogens is 2. The van der Waals surface area contributed by atoms with E-state index < -0.39 is 5.54 Å². The molecule has 0 aliphatic rings. The lowest BCUT2D eigenvalue weighted by Gasteiger charge is -2.26. The van der Waals surface area contributed by atoms with Crippen LogP contribution in [0.5, 0.6) is 0 Å². The lowest BCUT2D eigenvalue weighted by Crippen LogP contribution is -2.51. The van der Waals surface area contributed by atoms with Gasteiger partial charge in [-0.1, -0.05) is 31.9 Å². The van der Waals surface area contributed by atoms with Gasteiger partial charge in [-0.15, -0.1) is 0 Å². The van der Waals surface area contributed by atoms with Gasteiger partial charge in [0.05, 0.1) is 18.8 Å². The molecule has 0 aliphatic heterocycles. The fraction of sp³-hybridized carbons (Fsp3) is 0.364. The van der Waals surface area contributed by atoms with Crippen molar-refractivity contribution in [1.82, 2.24) is 5.32 Å². The molecule has 0 aromatic heterocycles. The van der Waals surface area contributed by atoms with E-state index in [0.717, 1.165) is 8.95 Å². The number of amides is 1. The molecule has 0 aliphatic carbocycles. The van der Waals surface area contributed by atoms with Crippen molar-refractivity contribution in [2.45, 2.75) is 12.5 Å². The van der Waals surface area contributed by atoms with Crippen LogP contribution in [0.25, 0.3) is 0 Å². The van der Waals surface area contributed by atoms with Crippen molar-refractivity contribution in [3.8, 4) is 0 Å². The minimum Gasteiger partial charge on any atom is -0.394 e. The van der Waals surface area contributed by atoms with Crippen molar-refractivity contribution in [2.75, 3.05) is 13.2 Å². The van der Waals surface area contributed by atoms with E-state index in [9.17, 15) is 4.79 Å². The van der Waals surface area contributed by atoms with Gasteiger partial charge in [-0.2, -0.15) is 0 Å². The highest BCUT2D eigenvalue weighted by Gasteiger charge is 2.25. The van der Waals surface area contributed by atoms with E-state index in [2.05, 4.69) is 37.2 Å². The number of benzene rings is 1. The maximum absolute atomic E-state index is 11.9. The number of aliphatic hydroxyl groups excluding tert-OH is 2. The van der Waals surface area contributed by atoms with E-state index in [1.165, 1.54) is 0 Å². The predicted octanol–water partition coefficient (Wildman–Crippen LogP) is 1.68. The van der Waals surface area contributed by atoms with Crippen LogP contribution in [0, 0.1) is 0 Å². The van der Waals surface area contributed by atoms with E-state index in [0.29, 0.717) is 5.56 Å². The van der Waals surface area contributed by atoms with E-state index in [1.54, 1.807) is 19.1 Å². The Balaban J connectivity index is 2.90. The van der Waals surface area contributed by atoms with Crippen LogP contribution >= 0.6 is 31.9 Å². The van der Waals surface area contributed by atoms with Gasteiger partial charge in [-0.3, -0.25) is 4.79 Å². The molecular formula is C11H13Br2NO3. The van der Waals surface area contributed by atoms with Gasteiger partial charge < -0.3 is 15.5 Å². The molecule has 1 amide bonds. The Bertz CT molecular complexity index is 399. The smallest absolute Gasteiger partial charge is 0.251 e. The van der Waals surface area contributed by atoms with Crippen molar-refractivity contribution in [3.05, 3.63) is 32.7 Å². The Hall–Kier alpha value is -0.430. The third kappa shape index (κ3) is 4.06. The molecule has 0 saturated heterocycles. The first-order valence-corrected chi connectivity index (χ1v) is 6.49. The molecule has 6 heteroatoms. The summed E-state index contributed by atoms with van der Waals surface area (Å²) in [5.41, 5.74) is -0.578. The molecule has 4 nitrogen and oxygen atoms in total. The van der Waals surface area contributed by atoms with Crippen LogP contribution in [0.1, 0.15) is 17.3 Å². The molecule has 94 valence electrons. The zero-order valence-corrected chi connectivity index (χ0v) is 12.4. The van der Waals surface area contributed by atoms with E-state index in [1.807, 2.05) is 6.07 Å². The first-order chi connectivity index (χ1) is 7.90. The molecule has 0 spiro atoms. The molecule has 0 heterocycles. The van der Waals surface area contributed by atoms with Gasteiger partial charge in [0, 0.05) is 14.5 Å². The van der Waals surface area contributed by atoms with Crippen LogP contribution in [-0.2, 0) is 0 Å². The van der Waals surface area contributed by atoms with Gasteiger partial charge in [-0.05, 0) is 25.1 Å². The third-order valence-electron chi connectivity index (χ3n) is 2.24. The molecule has 0 unspecified atom stereocenters. The summed E-state index contributed by atoms with van der Waals surface area (Å²) in [7, 11) is 0. The summed E-state index contributed by atoms with van der Waals surface area (Å²) >= 11 is 6.57.